The first-order valence-electron chi connectivity index (χ1n) is 5.45. The summed E-state index contributed by atoms with van der Waals surface area (Å²) in [5.74, 6) is 1.46. The molecule has 0 amide bonds. The van der Waals surface area contributed by atoms with Gasteiger partial charge in [-0.15, -0.1) is 0 Å². The van der Waals surface area contributed by atoms with Gasteiger partial charge in [-0.05, 0) is 25.1 Å². The van der Waals surface area contributed by atoms with E-state index in [1.165, 1.54) is 0 Å². The molecule has 1 aromatic carbocycles. The fourth-order valence-electron chi connectivity index (χ4n) is 1.61. The molecule has 2 rings (SSSR count). The highest BCUT2D eigenvalue weighted by Crippen LogP contribution is 2.19. The first-order valence-corrected chi connectivity index (χ1v) is 5.45. The van der Waals surface area contributed by atoms with Gasteiger partial charge in [-0.2, -0.15) is 10.5 Å². The molecule has 1 heterocycles. The summed E-state index contributed by atoms with van der Waals surface area (Å²) >= 11 is 0. The normalized spacial score (nSPS) is 9.42. The van der Waals surface area contributed by atoms with Crippen LogP contribution in [-0.4, -0.2) is 9.97 Å². The van der Waals surface area contributed by atoms with Gasteiger partial charge in [0.15, 0.2) is 0 Å². The molecule has 6 heteroatoms. The SMILES string of the molecule is Cc1nc(N)cc(Nc2ccc(C#N)c(C#N)c2)n1. The maximum absolute atomic E-state index is 8.95. The Morgan fingerprint density at radius 3 is 2.47 bits per heavy atom. The summed E-state index contributed by atoms with van der Waals surface area (Å²) in [6.07, 6.45) is 0. The molecule has 0 bridgehead atoms. The summed E-state index contributed by atoms with van der Waals surface area (Å²) < 4.78 is 0. The third-order valence-electron chi connectivity index (χ3n) is 2.39. The van der Waals surface area contributed by atoms with E-state index in [-0.39, 0.29) is 0 Å². The molecule has 1 aromatic heterocycles. The van der Waals surface area contributed by atoms with Crippen LogP contribution in [0.2, 0.25) is 0 Å². The second-order valence-electron chi connectivity index (χ2n) is 3.83. The van der Waals surface area contributed by atoms with E-state index in [4.69, 9.17) is 16.3 Å². The third-order valence-corrected chi connectivity index (χ3v) is 2.39. The predicted octanol–water partition coefficient (Wildman–Crippen LogP) is 1.85. The molecule has 19 heavy (non-hydrogen) atoms. The second kappa shape index (κ2) is 5.03. The van der Waals surface area contributed by atoms with Gasteiger partial charge in [0.05, 0.1) is 11.1 Å². The maximum atomic E-state index is 8.95. The highest BCUT2D eigenvalue weighted by atomic mass is 15.0. The van der Waals surface area contributed by atoms with Crippen LogP contribution in [0.4, 0.5) is 17.3 Å². The largest absolute Gasteiger partial charge is 0.384 e. The fourth-order valence-corrected chi connectivity index (χ4v) is 1.61. The van der Waals surface area contributed by atoms with Crippen molar-refractivity contribution in [2.24, 2.45) is 0 Å². The summed E-state index contributed by atoms with van der Waals surface area (Å²) in [6.45, 7) is 1.74. The Morgan fingerprint density at radius 1 is 1.11 bits per heavy atom. The van der Waals surface area contributed by atoms with E-state index in [2.05, 4.69) is 15.3 Å². The number of benzene rings is 1. The second-order valence-corrected chi connectivity index (χ2v) is 3.83. The standard InChI is InChI=1S/C13H10N6/c1-8-17-12(16)5-13(18-8)19-11-3-2-9(6-14)10(4-11)7-15/h2-5H,1H3,(H3,16,17,18,19). The van der Waals surface area contributed by atoms with E-state index < -0.39 is 0 Å². The first-order chi connectivity index (χ1) is 9.12. The van der Waals surface area contributed by atoms with Crippen molar-refractivity contribution in [1.82, 2.24) is 9.97 Å². The van der Waals surface area contributed by atoms with Crippen LogP contribution >= 0.6 is 0 Å². The van der Waals surface area contributed by atoms with Crippen LogP contribution in [0.5, 0.6) is 0 Å². The molecule has 0 spiro atoms. The summed E-state index contributed by atoms with van der Waals surface area (Å²) in [6, 6.07) is 10.4. The Morgan fingerprint density at radius 2 is 1.84 bits per heavy atom. The van der Waals surface area contributed by atoms with Crippen LogP contribution in [0.15, 0.2) is 24.3 Å². The van der Waals surface area contributed by atoms with E-state index in [9.17, 15) is 0 Å². The molecule has 2 aromatic rings. The van der Waals surface area contributed by atoms with Crippen molar-refractivity contribution in [2.45, 2.75) is 6.92 Å². The van der Waals surface area contributed by atoms with Gasteiger partial charge in [0.2, 0.25) is 0 Å². The van der Waals surface area contributed by atoms with E-state index in [1.54, 1.807) is 31.2 Å². The number of rotatable bonds is 2. The molecule has 0 atom stereocenters. The van der Waals surface area contributed by atoms with E-state index >= 15 is 0 Å². The molecule has 0 saturated carbocycles. The Bertz CT molecular complexity index is 688. The molecule has 0 fully saturated rings. The van der Waals surface area contributed by atoms with Gasteiger partial charge in [-0.25, -0.2) is 9.97 Å². The van der Waals surface area contributed by atoms with E-state index in [0.717, 1.165) is 0 Å². The number of hydrogen-bond donors (Lipinski definition) is 2. The Kier molecular flexibility index (Phi) is 3.26. The van der Waals surface area contributed by atoms with Gasteiger partial charge in [-0.1, -0.05) is 0 Å². The highest BCUT2D eigenvalue weighted by Gasteiger charge is 2.04. The van der Waals surface area contributed by atoms with Crippen molar-refractivity contribution in [2.75, 3.05) is 11.1 Å². The number of hydrogen-bond acceptors (Lipinski definition) is 6. The van der Waals surface area contributed by atoms with Crippen LogP contribution in [-0.2, 0) is 0 Å². The molecule has 0 unspecified atom stereocenters. The van der Waals surface area contributed by atoms with Crippen molar-refractivity contribution < 1.29 is 0 Å². The molecule has 92 valence electrons. The lowest BCUT2D eigenvalue weighted by Crippen LogP contribution is -2.01. The minimum absolute atomic E-state index is 0.311. The number of nitriles is 2. The van der Waals surface area contributed by atoms with Crippen molar-refractivity contribution in [1.29, 1.82) is 10.5 Å². The van der Waals surface area contributed by atoms with Crippen LogP contribution in [0.3, 0.4) is 0 Å². The fraction of sp³-hybridized carbons (Fsp3) is 0.0769. The van der Waals surface area contributed by atoms with Gasteiger partial charge in [0.1, 0.15) is 29.6 Å². The zero-order chi connectivity index (χ0) is 13.8. The number of nitrogens with two attached hydrogens (primary N) is 1. The quantitative estimate of drug-likeness (QED) is 0.841. The number of nitrogens with zero attached hydrogens (tertiary/aromatic N) is 4. The molecule has 0 aliphatic carbocycles. The molecule has 0 aliphatic rings. The molecular weight excluding hydrogens is 240 g/mol. The lowest BCUT2D eigenvalue weighted by Gasteiger charge is -2.07. The van der Waals surface area contributed by atoms with Crippen molar-refractivity contribution >= 4 is 17.3 Å². The molecule has 3 N–H and O–H groups in total. The monoisotopic (exact) mass is 250 g/mol. The average molecular weight is 250 g/mol. The summed E-state index contributed by atoms with van der Waals surface area (Å²) in [7, 11) is 0. The number of aromatic nitrogens is 2. The van der Waals surface area contributed by atoms with Gasteiger partial charge < -0.3 is 11.1 Å². The Labute approximate surface area is 110 Å². The van der Waals surface area contributed by atoms with Crippen LogP contribution < -0.4 is 11.1 Å². The molecule has 0 radical (unpaired) electrons. The minimum Gasteiger partial charge on any atom is -0.384 e. The van der Waals surface area contributed by atoms with Gasteiger partial charge in [-0.3, -0.25) is 0 Å². The third kappa shape index (κ3) is 2.76. The van der Waals surface area contributed by atoms with Crippen molar-refractivity contribution in [3.63, 3.8) is 0 Å². The summed E-state index contributed by atoms with van der Waals surface area (Å²) in [5, 5.41) is 20.8. The molecule has 0 saturated heterocycles. The van der Waals surface area contributed by atoms with Crippen LogP contribution in [0, 0.1) is 29.6 Å². The molecule has 0 aliphatic heterocycles. The number of aryl methyl sites for hydroxylation is 1. The zero-order valence-electron chi connectivity index (χ0n) is 10.2. The number of nitrogen functional groups attached to an aromatic ring is 1. The molecular formula is C13H10N6. The highest BCUT2D eigenvalue weighted by molar-refractivity contribution is 5.63. The molecule has 6 nitrogen and oxygen atoms in total. The summed E-state index contributed by atoms with van der Waals surface area (Å²) in [4.78, 5) is 8.15. The smallest absolute Gasteiger partial charge is 0.136 e. The minimum atomic E-state index is 0.311. The van der Waals surface area contributed by atoms with Crippen LogP contribution in [0.1, 0.15) is 17.0 Å². The van der Waals surface area contributed by atoms with Crippen LogP contribution in [0.25, 0.3) is 0 Å². The average Bonchev–Trinajstić information content (AvgIpc) is 2.37. The number of anilines is 3. The lowest BCUT2D eigenvalue weighted by molar-refractivity contribution is 1.06. The topological polar surface area (TPSA) is 111 Å². The first kappa shape index (κ1) is 12.3. The van der Waals surface area contributed by atoms with Crippen molar-refractivity contribution in [3.05, 3.63) is 41.2 Å². The van der Waals surface area contributed by atoms with Crippen molar-refractivity contribution in [3.8, 4) is 12.1 Å². The Balaban J connectivity index is 2.34. The zero-order valence-corrected chi connectivity index (χ0v) is 10.2. The Hall–Kier alpha value is -3.12. The van der Waals surface area contributed by atoms with Gasteiger partial charge >= 0.3 is 0 Å². The van der Waals surface area contributed by atoms with E-state index in [1.807, 2.05) is 12.1 Å². The maximum Gasteiger partial charge on any atom is 0.136 e. The predicted molar refractivity (Wildman–Crippen MR) is 70.3 cm³/mol. The van der Waals surface area contributed by atoms with E-state index in [0.29, 0.717) is 34.3 Å². The lowest BCUT2D eigenvalue weighted by atomic mass is 10.1. The summed E-state index contributed by atoms with van der Waals surface area (Å²) in [5.41, 5.74) is 6.94. The van der Waals surface area contributed by atoms with Gasteiger partial charge in [0.25, 0.3) is 0 Å². The number of nitrogens with one attached hydrogen (secondary N) is 1. The van der Waals surface area contributed by atoms with Gasteiger partial charge in [0, 0.05) is 11.8 Å².